The summed E-state index contributed by atoms with van der Waals surface area (Å²) in [6.45, 7) is 1.94. The molecule has 0 aliphatic heterocycles. The third-order valence-corrected chi connectivity index (χ3v) is 4.03. The van der Waals surface area contributed by atoms with Crippen LogP contribution in [0.4, 0.5) is 0 Å². The summed E-state index contributed by atoms with van der Waals surface area (Å²) >= 11 is 0. The van der Waals surface area contributed by atoms with Gasteiger partial charge in [-0.2, -0.15) is 0 Å². The summed E-state index contributed by atoms with van der Waals surface area (Å²) in [5.41, 5.74) is 0.288. The van der Waals surface area contributed by atoms with Crippen LogP contribution in [0.2, 0.25) is 0 Å². The highest BCUT2D eigenvalue weighted by Crippen LogP contribution is 2.42. The van der Waals surface area contributed by atoms with Crippen molar-refractivity contribution in [2.24, 2.45) is 11.8 Å². The lowest BCUT2D eigenvalue weighted by atomic mass is 9.90. The highest BCUT2D eigenvalue weighted by molar-refractivity contribution is 5.85. The van der Waals surface area contributed by atoms with Crippen molar-refractivity contribution in [3.8, 4) is 0 Å². The van der Waals surface area contributed by atoms with Gasteiger partial charge in [-0.3, -0.25) is 14.2 Å². The molecule has 0 radical (unpaired) electrons. The van der Waals surface area contributed by atoms with Crippen molar-refractivity contribution in [3.63, 3.8) is 0 Å². The van der Waals surface area contributed by atoms with Crippen LogP contribution in [0, 0.1) is 11.8 Å². The molecule has 0 spiro atoms. The van der Waals surface area contributed by atoms with E-state index >= 15 is 0 Å². The van der Waals surface area contributed by atoms with E-state index < -0.39 is 11.9 Å². The van der Waals surface area contributed by atoms with Crippen molar-refractivity contribution < 1.29 is 9.90 Å². The fraction of sp³-hybridized carbons (Fsp3) is 0.462. The Bertz CT molecular complexity index is 693. The van der Waals surface area contributed by atoms with Crippen LogP contribution in [-0.4, -0.2) is 25.4 Å². The maximum Gasteiger partial charge on any atom is 0.332 e. The number of carboxylic acids is 1. The summed E-state index contributed by atoms with van der Waals surface area (Å²) in [7, 11) is 0. The Kier molecular flexibility index (Phi) is 3.85. The lowest BCUT2D eigenvalue weighted by Gasteiger charge is -2.17. The minimum Gasteiger partial charge on any atom is -0.481 e. The molecule has 20 heavy (non-hydrogen) atoms. The van der Waals surface area contributed by atoms with E-state index in [4.69, 9.17) is 0 Å². The van der Waals surface area contributed by atoms with Gasteiger partial charge < -0.3 is 5.11 Å². The quantitative estimate of drug-likeness (QED) is 0.882. The molecule has 2 aromatic heterocycles. The van der Waals surface area contributed by atoms with Crippen molar-refractivity contribution >= 4 is 24.0 Å². The number of carbonyl (C=O) groups is 1. The number of halogens is 1. The van der Waals surface area contributed by atoms with Crippen molar-refractivity contribution in [3.05, 3.63) is 34.6 Å². The monoisotopic (exact) mass is 297 g/mol. The van der Waals surface area contributed by atoms with E-state index in [2.05, 4.69) is 9.97 Å². The van der Waals surface area contributed by atoms with Crippen LogP contribution in [-0.2, 0) is 4.79 Å². The molecule has 2 N–H and O–H groups in total. The first-order chi connectivity index (χ1) is 9.08. The first kappa shape index (κ1) is 14.6. The van der Waals surface area contributed by atoms with Gasteiger partial charge in [0.1, 0.15) is 11.5 Å². The molecule has 7 heteroatoms. The number of hydrogen-bond acceptors (Lipinski definition) is 3. The SMILES string of the molecule is CC1CCC(c2nc3cccn3c(=O)[nH]2)C1C(=O)O.Cl. The zero-order valence-corrected chi connectivity index (χ0v) is 11.8. The molecule has 0 saturated heterocycles. The van der Waals surface area contributed by atoms with Crippen LogP contribution in [0.3, 0.4) is 0 Å². The van der Waals surface area contributed by atoms with Crippen molar-refractivity contribution in [1.29, 1.82) is 0 Å². The summed E-state index contributed by atoms with van der Waals surface area (Å²) in [5, 5.41) is 9.33. The average Bonchev–Trinajstić information content (AvgIpc) is 2.94. The number of fused-ring (bicyclic) bond motifs is 1. The van der Waals surface area contributed by atoms with Gasteiger partial charge in [-0.05, 0) is 30.9 Å². The lowest BCUT2D eigenvalue weighted by molar-refractivity contribution is -0.143. The van der Waals surface area contributed by atoms with E-state index in [1.807, 2.05) is 6.92 Å². The van der Waals surface area contributed by atoms with Gasteiger partial charge in [0.05, 0.1) is 5.92 Å². The Morgan fingerprint density at radius 1 is 1.50 bits per heavy atom. The maximum absolute atomic E-state index is 11.9. The number of aromatic nitrogens is 3. The standard InChI is InChI=1S/C13H15N3O3.ClH/c1-7-4-5-8(10(7)12(17)18)11-14-9-3-2-6-16(9)13(19)15-11;/h2-3,6-8,10H,4-5H2,1H3,(H,17,18)(H,14,15,19);1H. The van der Waals surface area contributed by atoms with Gasteiger partial charge in [-0.1, -0.05) is 6.92 Å². The van der Waals surface area contributed by atoms with Gasteiger partial charge in [0.25, 0.3) is 0 Å². The molecule has 1 saturated carbocycles. The topological polar surface area (TPSA) is 87.5 Å². The van der Waals surface area contributed by atoms with Gasteiger partial charge in [0, 0.05) is 12.1 Å². The van der Waals surface area contributed by atoms with Gasteiger partial charge >= 0.3 is 11.7 Å². The fourth-order valence-corrected chi connectivity index (χ4v) is 3.05. The summed E-state index contributed by atoms with van der Waals surface area (Å²) in [5.74, 6) is -0.891. The number of aliphatic carboxylic acids is 1. The van der Waals surface area contributed by atoms with Crippen molar-refractivity contribution in [2.75, 3.05) is 0 Å². The summed E-state index contributed by atoms with van der Waals surface area (Å²) in [6, 6.07) is 3.49. The molecule has 3 atom stereocenters. The van der Waals surface area contributed by atoms with Crippen LogP contribution < -0.4 is 5.69 Å². The molecular formula is C13H16ClN3O3. The normalized spacial score (nSPS) is 25.6. The van der Waals surface area contributed by atoms with Crippen molar-refractivity contribution in [1.82, 2.24) is 14.4 Å². The van der Waals surface area contributed by atoms with Gasteiger partial charge in [-0.15, -0.1) is 12.4 Å². The zero-order valence-electron chi connectivity index (χ0n) is 10.9. The third kappa shape index (κ3) is 2.20. The van der Waals surface area contributed by atoms with E-state index in [9.17, 15) is 14.7 Å². The molecular weight excluding hydrogens is 282 g/mol. The molecule has 3 unspecified atom stereocenters. The molecule has 3 rings (SSSR count). The van der Waals surface area contributed by atoms with Crippen LogP contribution in [0.15, 0.2) is 23.1 Å². The number of hydrogen-bond donors (Lipinski definition) is 2. The molecule has 1 aliphatic carbocycles. The van der Waals surface area contributed by atoms with Gasteiger partial charge in [0.2, 0.25) is 0 Å². The number of nitrogens with one attached hydrogen (secondary N) is 1. The Hall–Kier alpha value is -1.82. The summed E-state index contributed by atoms with van der Waals surface area (Å²) < 4.78 is 1.41. The lowest BCUT2D eigenvalue weighted by Crippen LogP contribution is -2.26. The summed E-state index contributed by atoms with van der Waals surface area (Å²) in [4.78, 5) is 30.4. The Balaban J connectivity index is 0.00000147. The van der Waals surface area contributed by atoms with E-state index in [-0.39, 0.29) is 29.9 Å². The van der Waals surface area contributed by atoms with Crippen LogP contribution in [0.1, 0.15) is 31.5 Å². The Morgan fingerprint density at radius 3 is 2.95 bits per heavy atom. The second-order valence-electron chi connectivity index (χ2n) is 5.19. The predicted molar refractivity (Wildman–Crippen MR) is 75.3 cm³/mol. The molecule has 2 heterocycles. The third-order valence-electron chi connectivity index (χ3n) is 4.03. The first-order valence-electron chi connectivity index (χ1n) is 6.38. The molecule has 1 aliphatic rings. The van der Waals surface area contributed by atoms with E-state index in [1.165, 1.54) is 4.40 Å². The second-order valence-corrected chi connectivity index (χ2v) is 5.19. The maximum atomic E-state index is 11.9. The average molecular weight is 298 g/mol. The van der Waals surface area contributed by atoms with E-state index in [0.717, 1.165) is 12.8 Å². The fourth-order valence-electron chi connectivity index (χ4n) is 3.05. The Morgan fingerprint density at radius 2 is 2.25 bits per heavy atom. The Labute approximate surface area is 121 Å². The second kappa shape index (κ2) is 5.28. The smallest absolute Gasteiger partial charge is 0.332 e. The predicted octanol–water partition coefficient (Wildman–Crippen LogP) is 1.66. The molecule has 1 fully saturated rings. The zero-order chi connectivity index (χ0) is 13.6. The number of rotatable bonds is 2. The van der Waals surface area contributed by atoms with Crippen LogP contribution in [0.5, 0.6) is 0 Å². The molecule has 0 amide bonds. The summed E-state index contributed by atoms with van der Waals surface area (Å²) in [6.07, 6.45) is 3.23. The largest absolute Gasteiger partial charge is 0.481 e. The van der Waals surface area contributed by atoms with E-state index in [0.29, 0.717) is 11.5 Å². The van der Waals surface area contributed by atoms with Gasteiger partial charge in [0.15, 0.2) is 0 Å². The molecule has 2 aromatic rings. The highest BCUT2D eigenvalue weighted by Gasteiger charge is 2.40. The number of nitrogens with zero attached hydrogens (tertiary/aromatic N) is 2. The molecule has 0 bridgehead atoms. The van der Waals surface area contributed by atoms with Crippen LogP contribution in [0.25, 0.3) is 5.65 Å². The first-order valence-corrected chi connectivity index (χ1v) is 6.38. The van der Waals surface area contributed by atoms with E-state index in [1.54, 1.807) is 18.3 Å². The number of carboxylic acid groups (broad SMARTS) is 1. The molecule has 0 aromatic carbocycles. The van der Waals surface area contributed by atoms with Crippen molar-refractivity contribution in [2.45, 2.75) is 25.7 Å². The minimum absolute atomic E-state index is 0. The minimum atomic E-state index is -0.812. The number of H-pyrrole nitrogens is 1. The highest BCUT2D eigenvalue weighted by atomic mass is 35.5. The molecule has 108 valence electrons. The van der Waals surface area contributed by atoms with Gasteiger partial charge in [-0.25, -0.2) is 9.78 Å². The van der Waals surface area contributed by atoms with Crippen LogP contribution >= 0.6 is 12.4 Å². The molecule has 6 nitrogen and oxygen atoms in total. The number of aromatic amines is 1.